The molecule has 0 bridgehead atoms. The third-order valence-electron chi connectivity index (χ3n) is 4.65. The molecule has 3 aromatic rings. The molecule has 0 aliphatic heterocycles. The van der Waals surface area contributed by atoms with Gasteiger partial charge < -0.3 is 0 Å². The average Bonchev–Trinajstić information content (AvgIpc) is 3.20. The number of Topliss-reactive ketones (excluding diaryl/α,β-unsaturated/α-hetero) is 1. The van der Waals surface area contributed by atoms with Crippen LogP contribution in [0, 0.1) is 5.41 Å². The minimum atomic E-state index is -0.540. The van der Waals surface area contributed by atoms with Crippen molar-refractivity contribution in [2.75, 3.05) is 0 Å². The van der Waals surface area contributed by atoms with Crippen LogP contribution in [-0.2, 0) is 11.3 Å². The van der Waals surface area contributed by atoms with Crippen LogP contribution >= 0.6 is 34.5 Å². The first-order valence-electron chi connectivity index (χ1n) is 9.60. The first kappa shape index (κ1) is 22.6. The summed E-state index contributed by atoms with van der Waals surface area (Å²) in [6.07, 6.45) is 3.40. The molecule has 158 valence electrons. The molecule has 2 aromatic heterocycles. The van der Waals surface area contributed by atoms with Crippen molar-refractivity contribution in [2.24, 2.45) is 5.41 Å². The van der Waals surface area contributed by atoms with E-state index >= 15 is 0 Å². The van der Waals surface area contributed by atoms with E-state index in [2.05, 4.69) is 35.6 Å². The topological polar surface area (TPSA) is 64.8 Å². The smallest absolute Gasteiger partial charge is 0.269 e. The molecule has 0 fully saturated rings. The number of halogens is 1. The summed E-state index contributed by atoms with van der Waals surface area (Å²) >= 11 is 8.51. The lowest BCUT2D eigenvalue weighted by molar-refractivity contribution is -0.120. The zero-order valence-corrected chi connectivity index (χ0v) is 20.0. The molecule has 0 aliphatic carbocycles. The summed E-state index contributed by atoms with van der Waals surface area (Å²) in [6, 6.07) is 8.15. The predicted octanol–water partition coefficient (Wildman–Crippen LogP) is 3.81. The van der Waals surface area contributed by atoms with Crippen LogP contribution in [0.5, 0.6) is 0 Å². The molecule has 0 saturated carbocycles. The van der Waals surface area contributed by atoms with E-state index in [1.165, 1.54) is 16.9 Å². The molecule has 0 radical (unpaired) electrons. The van der Waals surface area contributed by atoms with Gasteiger partial charge in [-0.1, -0.05) is 75.0 Å². The molecule has 5 nitrogen and oxygen atoms in total. The standard InChI is InChI=1S/C22H24ClN3O2S2/c1-13(2)15-8-6-14(7-9-15)10-17-21(28)26(12-16-20(23)30-25-24-16)19(29-17)11-18(27)22(3,4)5/h6-11,13H,12H2,1-5H3/b17-10+,19-11+. The number of hydrogen-bond donors (Lipinski definition) is 0. The van der Waals surface area contributed by atoms with Crippen LogP contribution in [0.3, 0.4) is 0 Å². The second-order valence-electron chi connectivity index (χ2n) is 8.41. The lowest BCUT2D eigenvalue weighted by Crippen LogP contribution is -2.33. The van der Waals surface area contributed by atoms with E-state index in [0.29, 0.717) is 25.1 Å². The van der Waals surface area contributed by atoms with Crippen molar-refractivity contribution in [1.29, 1.82) is 0 Å². The Hall–Kier alpha value is -2.09. The van der Waals surface area contributed by atoms with Crippen molar-refractivity contribution < 1.29 is 4.79 Å². The minimum Gasteiger partial charge on any atom is -0.294 e. The Labute approximate surface area is 188 Å². The molecule has 0 atom stereocenters. The van der Waals surface area contributed by atoms with Crippen LogP contribution in [-0.4, -0.2) is 19.9 Å². The number of rotatable bonds is 5. The summed E-state index contributed by atoms with van der Waals surface area (Å²) in [4.78, 5) is 25.8. The highest BCUT2D eigenvalue weighted by Gasteiger charge is 2.20. The molecule has 0 unspecified atom stereocenters. The van der Waals surface area contributed by atoms with E-state index in [9.17, 15) is 9.59 Å². The van der Waals surface area contributed by atoms with Crippen molar-refractivity contribution in [2.45, 2.75) is 47.1 Å². The fraction of sp³-hybridized carbons (Fsp3) is 0.364. The molecule has 0 N–H and O–H groups in total. The summed E-state index contributed by atoms with van der Waals surface area (Å²) in [7, 11) is 0. The van der Waals surface area contributed by atoms with Crippen molar-refractivity contribution in [1.82, 2.24) is 14.2 Å². The molecule has 1 aromatic carbocycles. The number of hydrogen-bond acceptors (Lipinski definition) is 6. The van der Waals surface area contributed by atoms with Crippen LogP contribution in [0.15, 0.2) is 29.1 Å². The Morgan fingerprint density at radius 3 is 2.43 bits per heavy atom. The highest BCUT2D eigenvalue weighted by Crippen LogP contribution is 2.18. The van der Waals surface area contributed by atoms with Crippen molar-refractivity contribution in [3.05, 3.63) is 65.0 Å². The van der Waals surface area contributed by atoms with Crippen molar-refractivity contribution in [3.8, 4) is 0 Å². The number of thiazole rings is 1. The van der Waals surface area contributed by atoms with Gasteiger partial charge in [0.2, 0.25) is 0 Å². The fourth-order valence-electron chi connectivity index (χ4n) is 2.69. The fourth-order valence-corrected chi connectivity index (χ4v) is 4.34. The van der Waals surface area contributed by atoms with Gasteiger partial charge in [0.05, 0.1) is 11.1 Å². The van der Waals surface area contributed by atoms with E-state index in [-0.39, 0.29) is 17.9 Å². The van der Waals surface area contributed by atoms with Gasteiger partial charge in [-0.3, -0.25) is 14.2 Å². The molecule has 8 heteroatoms. The van der Waals surface area contributed by atoms with Gasteiger partial charge in [0.25, 0.3) is 5.56 Å². The maximum Gasteiger partial charge on any atom is 0.269 e. The molecule has 30 heavy (non-hydrogen) atoms. The van der Waals surface area contributed by atoms with Gasteiger partial charge in [0, 0.05) is 23.0 Å². The largest absolute Gasteiger partial charge is 0.294 e. The van der Waals surface area contributed by atoms with Crippen LogP contribution in [0.1, 0.15) is 57.4 Å². The van der Waals surface area contributed by atoms with Gasteiger partial charge in [-0.2, -0.15) is 0 Å². The quantitative estimate of drug-likeness (QED) is 0.579. The molecule has 0 saturated heterocycles. The van der Waals surface area contributed by atoms with E-state index < -0.39 is 5.41 Å². The van der Waals surface area contributed by atoms with Gasteiger partial charge in [-0.15, -0.1) is 16.4 Å². The van der Waals surface area contributed by atoms with Gasteiger partial charge in [-0.25, -0.2) is 0 Å². The first-order valence-corrected chi connectivity index (χ1v) is 11.6. The zero-order chi connectivity index (χ0) is 22.1. The Kier molecular flexibility index (Phi) is 6.75. The number of carbonyl (C=O) groups excluding carboxylic acids is 1. The normalized spacial score (nSPS) is 13.4. The van der Waals surface area contributed by atoms with Gasteiger partial charge in [0.15, 0.2) is 5.78 Å². The number of aromatic nitrogens is 3. The summed E-state index contributed by atoms with van der Waals surface area (Å²) in [5, 5.41) is 4.01. The van der Waals surface area contributed by atoms with Gasteiger partial charge >= 0.3 is 0 Å². The van der Waals surface area contributed by atoms with Crippen LogP contribution in [0.4, 0.5) is 0 Å². The zero-order valence-electron chi connectivity index (χ0n) is 17.6. The Balaban J connectivity index is 2.14. The lowest BCUT2D eigenvalue weighted by atomic mass is 9.91. The maximum absolute atomic E-state index is 13.2. The number of benzene rings is 1. The Morgan fingerprint density at radius 2 is 1.90 bits per heavy atom. The lowest BCUT2D eigenvalue weighted by Gasteiger charge is -2.12. The second-order valence-corrected chi connectivity index (χ2v) is 10.8. The van der Waals surface area contributed by atoms with Crippen LogP contribution < -0.4 is 14.8 Å². The number of carbonyl (C=O) groups is 1. The van der Waals surface area contributed by atoms with E-state index in [1.807, 2.05) is 39.0 Å². The van der Waals surface area contributed by atoms with Gasteiger partial charge in [0.1, 0.15) is 14.7 Å². The predicted molar refractivity (Wildman–Crippen MR) is 125 cm³/mol. The molecular weight excluding hydrogens is 438 g/mol. The summed E-state index contributed by atoms with van der Waals surface area (Å²) in [5.41, 5.74) is 1.98. The third-order valence-corrected chi connectivity index (χ3v) is 6.69. The molecule has 0 amide bonds. The molecular formula is C22H24ClN3O2S2. The molecule has 2 heterocycles. The monoisotopic (exact) mass is 461 g/mol. The van der Waals surface area contributed by atoms with Crippen LogP contribution in [0.25, 0.3) is 12.2 Å². The summed E-state index contributed by atoms with van der Waals surface area (Å²) in [5.74, 6) is 0.395. The average molecular weight is 462 g/mol. The molecule has 0 aliphatic rings. The number of ketones is 1. The highest BCUT2D eigenvalue weighted by molar-refractivity contribution is 7.10. The molecule has 0 spiro atoms. The maximum atomic E-state index is 13.2. The second kappa shape index (κ2) is 8.96. The Bertz CT molecular complexity index is 1230. The first-order chi connectivity index (χ1) is 14.1. The SMILES string of the molecule is CC(C)c1ccc(/C=c2/s/c(=C/C(=O)C(C)(C)C)n(Cc3nnsc3Cl)c2=O)cc1. The summed E-state index contributed by atoms with van der Waals surface area (Å²) in [6.45, 7) is 10.0. The third kappa shape index (κ3) is 5.14. The highest BCUT2D eigenvalue weighted by atomic mass is 35.5. The van der Waals surface area contributed by atoms with E-state index in [4.69, 9.17) is 11.6 Å². The minimum absolute atomic E-state index is 0.0483. The van der Waals surface area contributed by atoms with E-state index in [0.717, 1.165) is 17.1 Å². The summed E-state index contributed by atoms with van der Waals surface area (Å²) < 4.78 is 6.96. The Morgan fingerprint density at radius 1 is 1.23 bits per heavy atom. The van der Waals surface area contributed by atoms with Crippen molar-refractivity contribution >= 4 is 52.4 Å². The van der Waals surface area contributed by atoms with Crippen LogP contribution in [0.2, 0.25) is 4.34 Å². The van der Waals surface area contributed by atoms with E-state index in [1.54, 1.807) is 10.6 Å². The van der Waals surface area contributed by atoms with Crippen molar-refractivity contribution in [3.63, 3.8) is 0 Å². The van der Waals surface area contributed by atoms with Gasteiger partial charge in [-0.05, 0) is 23.1 Å². The molecule has 3 rings (SSSR count). The number of nitrogens with zero attached hydrogens (tertiary/aromatic N) is 3.